The van der Waals surface area contributed by atoms with E-state index in [1.54, 1.807) is 12.1 Å². The van der Waals surface area contributed by atoms with Crippen molar-refractivity contribution in [2.45, 2.75) is 90.0 Å². The topological polar surface area (TPSA) is 110 Å². The van der Waals surface area contributed by atoms with Gasteiger partial charge in [-0.25, -0.2) is 0 Å². The Morgan fingerprint density at radius 3 is 2.23 bits per heavy atom. The average Bonchev–Trinajstić information content (AvgIpc) is 2.98. The Hall–Kier alpha value is -2.70. The van der Waals surface area contributed by atoms with Gasteiger partial charge >= 0.3 is 0 Å². The van der Waals surface area contributed by atoms with Crippen LogP contribution in [0.2, 0.25) is 0 Å². The van der Waals surface area contributed by atoms with Gasteiger partial charge in [-0.1, -0.05) is 58.3 Å². The lowest BCUT2D eigenvalue weighted by Crippen LogP contribution is -2.54. The van der Waals surface area contributed by atoms with Crippen molar-refractivity contribution in [2.75, 3.05) is 5.73 Å². The quantitative estimate of drug-likeness (QED) is 0.318. The van der Waals surface area contributed by atoms with Crippen molar-refractivity contribution in [1.29, 1.82) is 0 Å². The number of nitrogens with zero attached hydrogens (tertiary/aromatic N) is 1. The molecule has 2 heterocycles. The lowest BCUT2D eigenvalue weighted by molar-refractivity contribution is -0.136. The van der Waals surface area contributed by atoms with E-state index in [-0.39, 0.29) is 18.7 Å². The van der Waals surface area contributed by atoms with Crippen LogP contribution in [-0.4, -0.2) is 34.6 Å². The van der Waals surface area contributed by atoms with Crippen LogP contribution in [0.1, 0.15) is 104 Å². The number of hydrogen-bond acceptors (Lipinski definition) is 5. The summed E-state index contributed by atoms with van der Waals surface area (Å²) >= 11 is 0. The van der Waals surface area contributed by atoms with Gasteiger partial charge in [0.1, 0.15) is 6.04 Å². The molecule has 1 aromatic rings. The molecule has 2 aliphatic rings. The van der Waals surface area contributed by atoms with Gasteiger partial charge in [0.05, 0.1) is 11.1 Å². The number of amides is 4. The number of anilines is 1. The molecule has 7 nitrogen and oxygen atoms in total. The molecule has 0 bridgehead atoms. The monoisotopic (exact) mass is 427 g/mol. The molecule has 1 aromatic carbocycles. The van der Waals surface area contributed by atoms with Crippen LogP contribution >= 0.6 is 0 Å². The Balaban J connectivity index is 1.62. The Morgan fingerprint density at radius 2 is 1.58 bits per heavy atom. The van der Waals surface area contributed by atoms with Crippen molar-refractivity contribution in [2.24, 2.45) is 0 Å². The maximum Gasteiger partial charge on any atom is 0.262 e. The van der Waals surface area contributed by atoms with E-state index in [0.717, 1.165) is 24.2 Å². The zero-order valence-electron chi connectivity index (χ0n) is 18.4. The Labute approximate surface area is 183 Å². The lowest BCUT2D eigenvalue weighted by Gasteiger charge is -2.27. The molecule has 31 heavy (non-hydrogen) atoms. The second kappa shape index (κ2) is 10.6. The van der Waals surface area contributed by atoms with Gasteiger partial charge in [0.2, 0.25) is 11.8 Å². The molecule has 0 spiro atoms. The first kappa shape index (κ1) is 23.0. The molecular weight excluding hydrogens is 394 g/mol. The van der Waals surface area contributed by atoms with E-state index in [0.29, 0.717) is 28.8 Å². The van der Waals surface area contributed by atoms with Gasteiger partial charge in [-0.3, -0.25) is 29.4 Å². The van der Waals surface area contributed by atoms with Crippen LogP contribution in [0.25, 0.3) is 0 Å². The van der Waals surface area contributed by atoms with Crippen molar-refractivity contribution >= 4 is 29.3 Å². The van der Waals surface area contributed by atoms with Crippen LogP contribution in [0.3, 0.4) is 0 Å². The first-order valence-corrected chi connectivity index (χ1v) is 11.6. The lowest BCUT2D eigenvalue weighted by atomic mass is 9.95. The van der Waals surface area contributed by atoms with E-state index in [1.165, 1.54) is 38.5 Å². The number of rotatable bonds is 11. The van der Waals surface area contributed by atoms with Gasteiger partial charge in [0, 0.05) is 12.1 Å². The minimum Gasteiger partial charge on any atom is -0.398 e. The van der Waals surface area contributed by atoms with Crippen LogP contribution in [-0.2, 0) is 16.0 Å². The minimum atomic E-state index is -0.952. The number of carbonyl (C=O) groups excluding carboxylic acids is 4. The van der Waals surface area contributed by atoms with Crippen LogP contribution in [0.15, 0.2) is 12.1 Å². The van der Waals surface area contributed by atoms with E-state index in [9.17, 15) is 19.2 Å². The Bertz CT molecular complexity index is 865. The smallest absolute Gasteiger partial charge is 0.262 e. The number of nitrogen functional groups attached to an aromatic ring is 1. The van der Waals surface area contributed by atoms with Crippen LogP contribution < -0.4 is 11.1 Å². The van der Waals surface area contributed by atoms with E-state index >= 15 is 0 Å². The summed E-state index contributed by atoms with van der Waals surface area (Å²) in [5.41, 5.74) is 8.01. The first-order chi connectivity index (χ1) is 15.0. The molecule has 1 atom stereocenters. The fourth-order valence-corrected chi connectivity index (χ4v) is 4.52. The SMILES string of the molecule is CCCCCCCCCCCc1c(N)ccc2c1C(=O)N(C1CCC(=O)NC1=O)C2=O. The molecule has 0 aromatic heterocycles. The molecule has 1 unspecified atom stereocenters. The zero-order valence-corrected chi connectivity index (χ0v) is 18.4. The molecule has 3 rings (SSSR count). The maximum absolute atomic E-state index is 13.2. The fraction of sp³-hybridized carbons (Fsp3) is 0.583. The number of imide groups is 2. The van der Waals surface area contributed by atoms with Gasteiger partial charge in [-0.15, -0.1) is 0 Å². The Morgan fingerprint density at radius 1 is 0.935 bits per heavy atom. The summed E-state index contributed by atoms with van der Waals surface area (Å²) in [4.78, 5) is 50.8. The number of fused-ring (bicyclic) bond motifs is 1. The summed E-state index contributed by atoms with van der Waals surface area (Å²) in [6.07, 6.45) is 11.6. The van der Waals surface area contributed by atoms with Gasteiger partial charge in [-0.2, -0.15) is 0 Å². The average molecular weight is 428 g/mol. The first-order valence-electron chi connectivity index (χ1n) is 11.6. The summed E-state index contributed by atoms with van der Waals surface area (Å²) in [7, 11) is 0. The van der Waals surface area contributed by atoms with E-state index in [1.807, 2.05) is 0 Å². The molecule has 0 radical (unpaired) electrons. The summed E-state index contributed by atoms with van der Waals surface area (Å²) in [5.74, 6) is -1.94. The third kappa shape index (κ3) is 5.14. The summed E-state index contributed by atoms with van der Waals surface area (Å²) < 4.78 is 0. The van der Waals surface area contributed by atoms with Gasteiger partial charge in [0.25, 0.3) is 11.8 Å². The van der Waals surface area contributed by atoms with Crippen molar-refractivity contribution in [3.63, 3.8) is 0 Å². The Kier molecular flexibility index (Phi) is 7.82. The second-order valence-corrected chi connectivity index (χ2v) is 8.58. The largest absolute Gasteiger partial charge is 0.398 e. The third-order valence-electron chi connectivity index (χ3n) is 6.28. The second-order valence-electron chi connectivity index (χ2n) is 8.58. The van der Waals surface area contributed by atoms with Crippen molar-refractivity contribution in [3.05, 3.63) is 28.8 Å². The summed E-state index contributed by atoms with van der Waals surface area (Å²) in [6.45, 7) is 2.22. The van der Waals surface area contributed by atoms with Crippen molar-refractivity contribution < 1.29 is 19.2 Å². The minimum absolute atomic E-state index is 0.108. The highest BCUT2D eigenvalue weighted by Crippen LogP contribution is 2.33. The van der Waals surface area contributed by atoms with Crippen molar-refractivity contribution in [1.82, 2.24) is 10.2 Å². The van der Waals surface area contributed by atoms with E-state index < -0.39 is 23.8 Å². The third-order valence-corrected chi connectivity index (χ3v) is 6.28. The predicted octanol–water partition coefficient (Wildman–Crippen LogP) is 3.74. The molecule has 4 amide bonds. The molecule has 2 aliphatic heterocycles. The normalized spacial score (nSPS) is 18.5. The molecule has 7 heteroatoms. The van der Waals surface area contributed by atoms with Crippen LogP contribution in [0, 0.1) is 0 Å². The number of benzene rings is 1. The maximum atomic E-state index is 13.2. The summed E-state index contributed by atoms with van der Waals surface area (Å²) in [5, 5.41) is 2.22. The van der Waals surface area contributed by atoms with Crippen molar-refractivity contribution in [3.8, 4) is 0 Å². The molecular formula is C24H33N3O4. The van der Waals surface area contributed by atoms with Gasteiger partial charge < -0.3 is 5.73 Å². The molecule has 0 aliphatic carbocycles. The number of nitrogens with one attached hydrogen (secondary N) is 1. The standard InChI is InChI=1S/C24H33N3O4/c1-2-3-4-5-6-7-8-9-10-11-16-18(25)13-12-17-21(16)24(31)27(23(17)30)19-14-15-20(28)26-22(19)29/h12-13,19H,2-11,14-15,25H2,1H3,(H,26,28,29). The highest BCUT2D eigenvalue weighted by atomic mass is 16.2. The highest BCUT2D eigenvalue weighted by molar-refractivity contribution is 6.24. The molecule has 1 saturated heterocycles. The predicted molar refractivity (Wildman–Crippen MR) is 118 cm³/mol. The number of nitrogens with two attached hydrogens (primary N) is 1. The number of hydrogen-bond donors (Lipinski definition) is 2. The zero-order chi connectivity index (χ0) is 22.4. The summed E-state index contributed by atoms with van der Waals surface area (Å²) in [6, 6.07) is 2.28. The van der Waals surface area contributed by atoms with Gasteiger partial charge in [-0.05, 0) is 37.0 Å². The van der Waals surface area contributed by atoms with Crippen LogP contribution in [0.5, 0.6) is 0 Å². The van der Waals surface area contributed by atoms with E-state index in [4.69, 9.17) is 5.73 Å². The number of piperidine rings is 1. The highest BCUT2D eigenvalue weighted by Gasteiger charge is 2.45. The fourth-order valence-electron chi connectivity index (χ4n) is 4.52. The molecule has 3 N–H and O–H groups in total. The molecule has 0 saturated carbocycles. The van der Waals surface area contributed by atoms with Crippen LogP contribution in [0.4, 0.5) is 5.69 Å². The molecule has 168 valence electrons. The van der Waals surface area contributed by atoms with E-state index in [2.05, 4.69) is 12.2 Å². The number of carbonyl (C=O) groups is 4. The van der Waals surface area contributed by atoms with Gasteiger partial charge in [0.15, 0.2) is 0 Å². The number of unbranched alkanes of at least 4 members (excludes halogenated alkanes) is 8. The molecule has 1 fully saturated rings.